The number of aliphatic hydroxyl groups is 4. The van der Waals surface area contributed by atoms with Crippen molar-refractivity contribution < 1.29 is 50.1 Å². The van der Waals surface area contributed by atoms with Crippen LogP contribution in [0.4, 0.5) is 0 Å². The quantitative estimate of drug-likeness (QED) is 0.164. The van der Waals surface area contributed by atoms with Crippen LogP contribution in [0, 0.1) is 6.92 Å². The highest BCUT2D eigenvalue weighted by Crippen LogP contribution is 2.39. The van der Waals surface area contributed by atoms with Crippen molar-refractivity contribution in [1.82, 2.24) is 0 Å². The van der Waals surface area contributed by atoms with Gasteiger partial charge in [0.2, 0.25) is 5.75 Å². The maximum Gasteiger partial charge on any atom is 0.343 e. The standard InChI is InChI=1S/C14H18O10/c1-5-2-6(17)10(19)13(22)9(5)14(23)24-8(4-16)12(21)11(20)7(18)3-15/h2,4,7-8,11-12,15,17-22H,3H2,1H3/t7-,8+,11-,12-/m1/s1. The lowest BCUT2D eigenvalue weighted by Crippen LogP contribution is -2.48. The van der Waals surface area contributed by atoms with Crippen molar-refractivity contribution in [2.45, 2.75) is 31.3 Å². The average Bonchev–Trinajstić information content (AvgIpc) is 2.55. The molecular weight excluding hydrogens is 328 g/mol. The molecule has 0 bridgehead atoms. The van der Waals surface area contributed by atoms with Crippen LogP contribution in [-0.4, -0.2) is 79.0 Å². The molecule has 0 amide bonds. The maximum absolute atomic E-state index is 12.0. The molecule has 7 N–H and O–H groups in total. The minimum atomic E-state index is -2.05. The Morgan fingerprint density at radius 2 is 1.75 bits per heavy atom. The first kappa shape index (κ1) is 19.6. The molecule has 0 radical (unpaired) electrons. The molecule has 0 aliphatic heterocycles. The summed E-state index contributed by atoms with van der Waals surface area (Å²) in [5.74, 6) is -3.99. The van der Waals surface area contributed by atoms with Gasteiger partial charge >= 0.3 is 5.97 Å². The molecule has 4 atom stereocenters. The molecule has 0 aromatic heterocycles. The zero-order chi connectivity index (χ0) is 18.6. The van der Waals surface area contributed by atoms with Gasteiger partial charge in [-0.3, -0.25) is 4.79 Å². The number of aromatic hydroxyl groups is 3. The largest absolute Gasteiger partial charge is 0.504 e. The van der Waals surface area contributed by atoms with Crippen LogP contribution in [0.5, 0.6) is 17.2 Å². The van der Waals surface area contributed by atoms with Gasteiger partial charge in [0.15, 0.2) is 23.9 Å². The van der Waals surface area contributed by atoms with Crippen molar-refractivity contribution in [3.8, 4) is 17.2 Å². The highest BCUT2D eigenvalue weighted by molar-refractivity contribution is 5.96. The second kappa shape index (κ2) is 7.93. The first-order chi connectivity index (χ1) is 11.1. The second-order valence-electron chi connectivity index (χ2n) is 5.02. The molecule has 24 heavy (non-hydrogen) atoms. The van der Waals surface area contributed by atoms with E-state index < -0.39 is 59.8 Å². The fraction of sp³-hybridized carbons (Fsp3) is 0.429. The summed E-state index contributed by atoms with van der Waals surface area (Å²) in [6.07, 6.45) is -7.78. The lowest BCUT2D eigenvalue weighted by atomic mass is 10.0. The highest BCUT2D eigenvalue weighted by atomic mass is 16.6. The van der Waals surface area contributed by atoms with Gasteiger partial charge in [-0.1, -0.05) is 0 Å². The predicted octanol–water partition coefficient (Wildman–Crippen LogP) is -2.09. The number of phenolic OH excluding ortho intramolecular Hbond substituents is 3. The Labute approximate surface area is 135 Å². The number of aliphatic hydroxyl groups excluding tert-OH is 4. The van der Waals surface area contributed by atoms with Gasteiger partial charge in [-0.05, 0) is 18.6 Å². The van der Waals surface area contributed by atoms with Crippen LogP contribution in [0.15, 0.2) is 6.07 Å². The molecule has 0 spiro atoms. The highest BCUT2D eigenvalue weighted by Gasteiger charge is 2.34. The Balaban J connectivity index is 3.05. The summed E-state index contributed by atoms with van der Waals surface area (Å²) >= 11 is 0. The van der Waals surface area contributed by atoms with Gasteiger partial charge in [-0.15, -0.1) is 0 Å². The normalized spacial score (nSPS) is 16.0. The van der Waals surface area contributed by atoms with E-state index in [1.54, 1.807) is 0 Å². The monoisotopic (exact) mass is 346 g/mol. The lowest BCUT2D eigenvalue weighted by Gasteiger charge is -2.25. The number of aryl methyl sites for hydroxylation is 1. The molecule has 10 nitrogen and oxygen atoms in total. The van der Waals surface area contributed by atoms with Crippen LogP contribution >= 0.6 is 0 Å². The van der Waals surface area contributed by atoms with Crippen LogP contribution in [0.3, 0.4) is 0 Å². The summed E-state index contributed by atoms with van der Waals surface area (Å²) in [7, 11) is 0. The molecule has 0 unspecified atom stereocenters. The summed E-state index contributed by atoms with van der Waals surface area (Å²) in [6, 6.07) is 0.961. The summed E-state index contributed by atoms with van der Waals surface area (Å²) < 4.78 is 4.66. The van der Waals surface area contributed by atoms with Crippen LogP contribution in [0.25, 0.3) is 0 Å². The molecule has 10 heteroatoms. The molecule has 0 aliphatic carbocycles. The molecule has 0 saturated carbocycles. The van der Waals surface area contributed by atoms with E-state index in [4.69, 9.17) is 5.11 Å². The fourth-order valence-corrected chi connectivity index (χ4v) is 1.92. The molecule has 0 saturated heterocycles. The topological polar surface area (TPSA) is 185 Å². The third kappa shape index (κ3) is 3.92. The molecule has 0 aliphatic rings. The molecule has 1 rings (SSSR count). The van der Waals surface area contributed by atoms with E-state index in [-0.39, 0.29) is 11.8 Å². The van der Waals surface area contributed by atoms with Crippen molar-refractivity contribution in [2.24, 2.45) is 0 Å². The minimum Gasteiger partial charge on any atom is -0.504 e. The Morgan fingerprint density at radius 1 is 1.17 bits per heavy atom. The zero-order valence-electron chi connectivity index (χ0n) is 12.5. The number of carbonyl (C=O) groups excluding carboxylic acids is 2. The van der Waals surface area contributed by atoms with Crippen molar-refractivity contribution in [2.75, 3.05) is 6.61 Å². The van der Waals surface area contributed by atoms with Gasteiger partial charge in [0.05, 0.1) is 6.61 Å². The van der Waals surface area contributed by atoms with Gasteiger partial charge in [0.25, 0.3) is 0 Å². The second-order valence-corrected chi connectivity index (χ2v) is 5.02. The number of hydrogen-bond donors (Lipinski definition) is 7. The van der Waals surface area contributed by atoms with Crippen molar-refractivity contribution in [1.29, 1.82) is 0 Å². The Bertz CT molecular complexity index is 614. The van der Waals surface area contributed by atoms with Gasteiger partial charge in [-0.2, -0.15) is 0 Å². The third-order valence-electron chi connectivity index (χ3n) is 3.30. The van der Waals surface area contributed by atoms with E-state index in [0.717, 1.165) is 6.07 Å². The summed E-state index contributed by atoms with van der Waals surface area (Å²) in [6.45, 7) is 0.385. The van der Waals surface area contributed by atoms with Crippen LogP contribution in [0.1, 0.15) is 15.9 Å². The number of hydrogen-bond acceptors (Lipinski definition) is 10. The Hall–Kier alpha value is -2.40. The number of carbonyl (C=O) groups is 2. The van der Waals surface area contributed by atoms with E-state index in [2.05, 4.69) is 4.74 Å². The summed E-state index contributed by atoms with van der Waals surface area (Å²) in [5, 5.41) is 65.6. The third-order valence-corrected chi connectivity index (χ3v) is 3.30. The van der Waals surface area contributed by atoms with Crippen LogP contribution in [-0.2, 0) is 9.53 Å². The van der Waals surface area contributed by atoms with Gasteiger partial charge < -0.3 is 40.5 Å². The maximum atomic E-state index is 12.0. The Morgan fingerprint density at radius 3 is 2.25 bits per heavy atom. The van der Waals surface area contributed by atoms with Crippen molar-refractivity contribution in [3.05, 3.63) is 17.2 Å². The fourth-order valence-electron chi connectivity index (χ4n) is 1.92. The van der Waals surface area contributed by atoms with Crippen molar-refractivity contribution in [3.63, 3.8) is 0 Å². The smallest absolute Gasteiger partial charge is 0.343 e. The number of aldehydes is 1. The van der Waals surface area contributed by atoms with E-state index in [9.17, 15) is 40.2 Å². The summed E-state index contributed by atoms with van der Waals surface area (Å²) in [4.78, 5) is 23.0. The molecule has 0 fully saturated rings. The van der Waals surface area contributed by atoms with Gasteiger partial charge in [-0.25, -0.2) is 4.79 Å². The predicted molar refractivity (Wildman–Crippen MR) is 76.5 cm³/mol. The number of esters is 1. The van der Waals surface area contributed by atoms with E-state index >= 15 is 0 Å². The average molecular weight is 346 g/mol. The molecule has 1 aromatic rings. The molecule has 1 aromatic carbocycles. The first-order valence-electron chi connectivity index (χ1n) is 6.71. The van der Waals surface area contributed by atoms with E-state index in [0.29, 0.717) is 0 Å². The molecular formula is C14H18O10. The number of ether oxygens (including phenoxy) is 1. The van der Waals surface area contributed by atoms with E-state index in [1.807, 2.05) is 0 Å². The number of phenols is 3. The number of rotatable bonds is 7. The number of benzene rings is 1. The van der Waals surface area contributed by atoms with Crippen LogP contribution in [0.2, 0.25) is 0 Å². The lowest BCUT2D eigenvalue weighted by molar-refractivity contribution is -0.138. The van der Waals surface area contributed by atoms with Gasteiger partial charge in [0.1, 0.15) is 23.9 Å². The first-order valence-corrected chi connectivity index (χ1v) is 6.71. The SMILES string of the molecule is Cc1cc(O)c(O)c(O)c1C(=O)O[C@@H](C=O)[C@@H](O)[C@H](O)[C@H](O)CO. The minimum absolute atomic E-state index is 0.00267. The summed E-state index contributed by atoms with van der Waals surface area (Å²) in [5.41, 5.74) is -0.565. The zero-order valence-corrected chi connectivity index (χ0v) is 12.5. The van der Waals surface area contributed by atoms with Gasteiger partial charge in [0, 0.05) is 0 Å². The van der Waals surface area contributed by atoms with Crippen LogP contribution < -0.4 is 0 Å². The Kier molecular flexibility index (Phi) is 6.49. The van der Waals surface area contributed by atoms with Crippen molar-refractivity contribution >= 4 is 12.3 Å². The molecule has 134 valence electrons. The van der Waals surface area contributed by atoms with E-state index in [1.165, 1.54) is 6.92 Å². The molecule has 0 heterocycles.